The summed E-state index contributed by atoms with van der Waals surface area (Å²) in [6.45, 7) is -0.0379. The van der Waals surface area contributed by atoms with Crippen molar-refractivity contribution in [3.63, 3.8) is 0 Å². The minimum Gasteiger partial charge on any atom is -0.509 e. The van der Waals surface area contributed by atoms with E-state index in [2.05, 4.69) is 27.9 Å². The van der Waals surface area contributed by atoms with Crippen LogP contribution >= 0.6 is 34.4 Å². The fourth-order valence-electron chi connectivity index (χ4n) is 2.67. The van der Waals surface area contributed by atoms with Crippen molar-refractivity contribution in [3.8, 4) is 5.75 Å². The van der Waals surface area contributed by atoms with Gasteiger partial charge in [-0.1, -0.05) is 40.8 Å². The van der Waals surface area contributed by atoms with Gasteiger partial charge in [0.05, 0.1) is 5.75 Å². The average Bonchev–Trinajstić information content (AvgIpc) is 2.69. The summed E-state index contributed by atoms with van der Waals surface area (Å²) < 4.78 is 11.0. The van der Waals surface area contributed by atoms with E-state index < -0.39 is 29.2 Å². The van der Waals surface area contributed by atoms with Crippen LogP contribution < -0.4 is 10.1 Å². The maximum Gasteiger partial charge on any atom is 0.358 e. The highest BCUT2D eigenvalue weighted by Crippen LogP contribution is 2.39. The molecule has 10 heteroatoms. The van der Waals surface area contributed by atoms with Crippen molar-refractivity contribution in [2.24, 2.45) is 0 Å². The van der Waals surface area contributed by atoms with Crippen LogP contribution in [0.1, 0.15) is 0 Å². The number of carbonyl (C=O) groups is 3. The number of aliphatic hydroxyl groups excluding tert-OH is 1. The van der Waals surface area contributed by atoms with Crippen LogP contribution in [0.25, 0.3) is 0 Å². The Bertz CT molecular complexity index is 772. The van der Waals surface area contributed by atoms with Gasteiger partial charge in [-0.3, -0.25) is 14.5 Å². The van der Waals surface area contributed by atoms with Gasteiger partial charge in [-0.2, -0.15) is 0 Å². The summed E-state index contributed by atoms with van der Waals surface area (Å²) in [5, 5.41) is 12.2. The van der Waals surface area contributed by atoms with Crippen LogP contribution in [-0.4, -0.2) is 62.6 Å². The summed E-state index contributed by atoms with van der Waals surface area (Å²) in [5.41, 5.74) is -0.139. The number of alkyl halides is 1. The molecule has 1 unspecified atom stereocenters. The third kappa shape index (κ3) is 4.32. The molecule has 2 heterocycles. The first-order valence-corrected chi connectivity index (χ1v) is 10.7. The molecule has 2 aliphatic heterocycles. The second-order valence-corrected chi connectivity index (χ2v) is 7.86. The zero-order valence-electron chi connectivity index (χ0n) is 14.1. The molecule has 1 aromatic rings. The molecular weight excluding hydrogens is 487 g/mol. The third-order valence-corrected chi connectivity index (χ3v) is 5.59. The quantitative estimate of drug-likeness (QED) is 0.249. The fourth-order valence-corrected chi connectivity index (χ4v) is 4.09. The van der Waals surface area contributed by atoms with Gasteiger partial charge in [-0.05, 0) is 12.1 Å². The first-order valence-electron chi connectivity index (χ1n) is 8.10. The Morgan fingerprint density at radius 3 is 2.78 bits per heavy atom. The monoisotopic (exact) mass is 504 g/mol. The summed E-state index contributed by atoms with van der Waals surface area (Å²) in [7, 11) is 0. The second-order valence-electron chi connectivity index (χ2n) is 5.68. The van der Waals surface area contributed by atoms with E-state index in [4.69, 9.17) is 9.47 Å². The number of rotatable bonds is 7. The molecule has 3 rings (SSSR count). The maximum absolute atomic E-state index is 12.4. The Kier molecular flexibility index (Phi) is 6.47. The Morgan fingerprint density at radius 2 is 2.07 bits per heavy atom. The number of para-hydroxylation sites is 1. The highest BCUT2D eigenvalue weighted by Gasteiger charge is 2.54. The number of halogens is 1. The summed E-state index contributed by atoms with van der Waals surface area (Å²) in [6, 6.07) is 8.08. The number of nitrogens with zero attached hydrogens (tertiary/aromatic N) is 1. The molecule has 1 aromatic carbocycles. The lowest BCUT2D eigenvalue weighted by molar-refractivity contribution is -0.153. The number of esters is 1. The van der Waals surface area contributed by atoms with Crippen LogP contribution in [0.15, 0.2) is 41.8 Å². The van der Waals surface area contributed by atoms with Crippen molar-refractivity contribution in [1.29, 1.82) is 0 Å². The number of amides is 2. The van der Waals surface area contributed by atoms with Crippen molar-refractivity contribution < 1.29 is 29.0 Å². The standard InChI is InChI=1S/C17H17IN2O6S/c18-6-7-25-17(24)14-11(21)9-27-16-13(15(23)20(14)16)19-12(22)8-26-10-4-2-1-3-5-10/h1-5,13,16,21H,6-9H2,(H,19,22)/t13?,16-/m0/s1. The first-order chi connectivity index (χ1) is 13.0. The molecule has 2 aliphatic rings. The first kappa shape index (κ1) is 19.8. The fraction of sp³-hybridized carbons (Fsp3) is 0.353. The second kappa shape index (κ2) is 8.83. The highest BCUT2D eigenvalue weighted by atomic mass is 127. The molecule has 144 valence electrons. The number of aliphatic hydroxyl groups is 1. The number of hydrogen-bond donors (Lipinski definition) is 2. The van der Waals surface area contributed by atoms with Crippen molar-refractivity contribution in [1.82, 2.24) is 10.2 Å². The summed E-state index contributed by atoms with van der Waals surface area (Å²) in [5.74, 6) is -1.12. The van der Waals surface area contributed by atoms with E-state index >= 15 is 0 Å². The lowest BCUT2D eigenvalue weighted by atomic mass is 10.0. The summed E-state index contributed by atoms with van der Waals surface area (Å²) in [6.07, 6.45) is 0. The van der Waals surface area contributed by atoms with E-state index in [-0.39, 0.29) is 30.4 Å². The van der Waals surface area contributed by atoms with E-state index in [9.17, 15) is 19.5 Å². The molecule has 0 saturated carbocycles. The SMILES string of the molecule is O=C(COc1ccccc1)NC1C(=O)N2C(C(=O)OCCI)=C(O)CS[C@@H]12. The topological polar surface area (TPSA) is 105 Å². The molecule has 0 aromatic heterocycles. The van der Waals surface area contributed by atoms with Crippen LogP contribution in [0.3, 0.4) is 0 Å². The molecule has 0 spiro atoms. The Morgan fingerprint density at radius 1 is 1.33 bits per heavy atom. The number of ether oxygens (including phenoxy) is 2. The number of thioether (sulfide) groups is 1. The minimum absolute atomic E-state index is 0.139. The molecule has 2 amide bonds. The van der Waals surface area contributed by atoms with E-state index in [0.717, 1.165) is 0 Å². The number of benzene rings is 1. The molecule has 0 radical (unpaired) electrons. The van der Waals surface area contributed by atoms with Crippen LogP contribution in [0.2, 0.25) is 0 Å². The van der Waals surface area contributed by atoms with E-state index in [1.807, 2.05) is 6.07 Å². The Labute approximate surface area is 173 Å². The zero-order chi connectivity index (χ0) is 19.4. The van der Waals surface area contributed by atoms with Crippen LogP contribution in [-0.2, 0) is 19.1 Å². The van der Waals surface area contributed by atoms with Gasteiger partial charge in [0.15, 0.2) is 12.3 Å². The van der Waals surface area contributed by atoms with Crippen molar-refractivity contribution >= 4 is 52.1 Å². The van der Waals surface area contributed by atoms with E-state index in [1.54, 1.807) is 24.3 Å². The maximum atomic E-state index is 12.4. The molecular formula is C17H17IN2O6S. The summed E-state index contributed by atoms with van der Waals surface area (Å²) >= 11 is 3.32. The molecule has 27 heavy (non-hydrogen) atoms. The number of nitrogens with one attached hydrogen (secondary N) is 1. The minimum atomic E-state index is -0.776. The van der Waals surface area contributed by atoms with Crippen molar-refractivity contribution in [2.45, 2.75) is 11.4 Å². The smallest absolute Gasteiger partial charge is 0.358 e. The van der Waals surface area contributed by atoms with Gasteiger partial charge in [0, 0.05) is 4.43 Å². The molecule has 2 N–H and O–H groups in total. The van der Waals surface area contributed by atoms with Crippen molar-refractivity contribution in [3.05, 3.63) is 41.8 Å². The van der Waals surface area contributed by atoms with Gasteiger partial charge < -0.3 is 19.9 Å². The number of carbonyl (C=O) groups excluding carboxylic acids is 3. The molecule has 0 aliphatic carbocycles. The van der Waals surface area contributed by atoms with Gasteiger partial charge in [-0.25, -0.2) is 4.79 Å². The predicted molar refractivity (Wildman–Crippen MR) is 106 cm³/mol. The lowest BCUT2D eigenvalue weighted by Gasteiger charge is -2.48. The zero-order valence-corrected chi connectivity index (χ0v) is 17.1. The number of fused-ring (bicyclic) bond motifs is 1. The molecule has 1 saturated heterocycles. The van der Waals surface area contributed by atoms with Gasteiger partial charge in [0.25, 0.3) is 11.8 Å². The van der Waals surface area contributed by atoms with Crippen molar-refractivity contribution in [2.75, 3.05) is 23.4 Å². The summed E-state index contributed by atoms with van der Waals surface area (Å²) in [4.78, 5) is 37.9. The van der Waals surface area contributed by atoms with Crippen LogP contribution in [0, 0.1) is 0 Å². The number of hydrogen-bond acceptors (Lipinski definition) is 7. The highest BCUT2D eigenvalue weighted by molar-refractivity contribution is 14.1. The third-order valence-electron chi connectivity index (χ3n) is 3.88. The average molecular weight is 504 g/mol. The largest absolute Gasteiger partial charge is 0.509 e. The Balaban J connectivity index is 1.58. The van der Waals surface area contributed by atoms with E-state index in [1.165, 1.54) is 16.7 Å². The van der Waals surface area contributed by atoms with Gasteiger partial charge in [0.1, 0.15) is 29.5 Å². The molecule has 1 fully saturated rings. The van der Waals surface area contributed by atoms with Gasteiger partial charge in [0.2, 0.25) is 0 Å². The van der Waals surface area contributed by atoms with Gasteiger partial charge >= 0.3 is 5.97 Å². The van der Waals surface area contributed by atoms with Crippen LogP contribution in [0.5, 0.6) is 5.75 Å². The Hall–Kier alpha value is -1.95. The molecule has 0 bridgehead atoms. The number of β-lactam (4-membered cyclic amide) rings is 1. The normalized spacial score (nSPS) is 21.2. The molecule has 2 atom stereocenters. The van der Waals surface area contributed by atoms with Crippen LogP contribution in [0.4, 0.5) is 0 Å². The van der Waals surface area contributed by atoms with E-state index in [0.29, 0.717) is 10.2 Å². The lowest BCUT2D eigenvalue weighted by Crippen LogP contribution is -2.71. The van der Waals surface area contributed by atoms with Gasteiger partial charge in [-0.15, -0.1) is 11.8 Å². The predicted octanol–water partition coefficient (Wildman–Crippen LogP) is 1.21. The molecule has 8 nitrogen and oxygen atoms in total.